The fourth-order valence-electron chi connectivity index (χ4n) is 4.30. The van der Waals surface area contributed by atoms with Crippen LogP contribution in [0.1, 0.15) is 43.4 Å². The van der Waals surface area contributed by atoms with Crippen molar-refractivity contribution >= 4 is 5.82 Å². The first-order valence-corrected chi connectivity index (χ1v) is 9.98. The fourth-order valence-corrected chi connectivity index (χ4v) is 4.30. The number of anilines is 1. The lowest BCUT2D eigenvalue weighted by Crippen LogP contribution is -2.47. The molecule has 26 heavy (non-hydrogen) atoms. The van der Waals surface area contributed by atoms with Gasteiger partial charge >= 0.3 is 0 Å². The molecular weight excluding hydrogens is 322 g/mol. The number of nitrogens with zero attached hydrogens (tertiary/aromatic N) is 5. The van der Waals surface area contributed by atoms with Gasteiger partial charge in [-0.25, -0.2) is 4.98 Å². The second kappa shape index (κ2) is 7.70. The highest BCUT2D eigenvalue weighted by molar-refractivity contribution is 5.58. The van der Waals surface area contributed by atoms with Gasteiger partial charge in [0.25, 0.3) is 0 Å². The van der Waals surface area contributed by atoms with E-state index in [0.717, 1.165) is 42.0 Å². The summed E-state index contributed by atoms with van der Waals surface area (Å²) in [5, 5.41) is 8.74. The van der Waals surface area contributed by atoms with E-state index in [-0.39, 0.29) is 0 Å². The second-order valence-electron chi connectivity index (χ2n) is 7.73. The molecule has 5 heteroatoms. The van der Waals surface area contributed by atoms with Crippen LogP contribution in [0.4, 0.5) is 5.82 Å². The zero-order valence-corrected chi connectivity index (χ0v) is 16.0. The van der Waals surface area contributed by atoms with Gasteiger partial charge in [-0.1, -0.05) is 30.2 Å². The number of rotatable bonds is 3. The van der Waals surface area contributed by atoms with Crippen molar-refractivity contribution in [1.82, 2.24) is 20.1 Å². The van der Waals surface area contributed by atoms with Crippen molar-refractivity contribution in [2.75, 3.05) is 31.1 Å². The Morgan fingerprint density at radius 1 is 0.923 bits per heavy atom. The number of hydrogen-bond donors (Lipinski definition) is 0. The van der Waals surface area contributed by atoms with Gasteiger partial charge in [-0.15, -0.1) is 10.2 Å². The van der Waals surface area contributed by atoms with E-state index in [1.807, 2.05) is 6.92 Å². The Hall–Kier alpha value is -2.01. The zero-order chi connectivity index (χ0) is 17.9. The van der Waals surface area contributed by atoms with Crippen LogP contribution in [0.5, 0.6) is 0 Å². The quantitative estimate of drug-likeness (QED) is 0.845. The lowest BCUT2D eigenvalue weighted by atomic mass is 10.00. The van der Waals surface area contributed by atoms with Crippen LogP contribution in [0.25, 0.3) is 11.4 Å². The van der Waals surface area contributed by atoms with Crippen LogP contribution in [0.15, 0.2) is 24.3 Å². The lowest BCUT2D eigenvalue weighted by Gasteiger charge is -2.40. The maximum atomic E-state index is 4.88. The lowest BCUT2D eigenvalue weighted by molar-refractivity contribution is 0.141. The normalized spacial score (nSPS) is 19.7. The maximum Gasteiger partial charge on any atom is 0.183 e. The molecule has 0 spiro atoms. The van der Waals surface area contributed by atoms with E-state index >= 15 is 0 Å². The molecule has 0 saturated carbocycles. The van der Waals surface area contributed by atoms with Crippen molar-refractivity contribution in [3.63, 3.8) is 0 Å². The van der Waals surface area contributed by atoms with Gasteiger partial charge in [-0.2, -0.15) is 0 Å². The van der Waals surface area contributed by atoms with Crippen molar-refractivity contribution in [1.29, 1.82) is 0 Å². The first-order valence-electron chi connectivity index (χ1n) is 9.98. The highest BCUT2D eigenvalue weighted by Gasteiger charge is 2.27. The van der Waals surface area contributed by atoms with Gasteiger partial charge in [0.2, 0.25) is 0 Å². The molecule has 2 aromatic rings. The fraction of sp³-hybridized carbons (Fsp3) is 0.571. The van der Waals surface area contributed by atoms with Crippen LogP contribution >= 0.6 is 0 Å². The molecule has 0 radical (unpaired) electrons. The number of likely N-dealkylation sites (tertiary alicyclic amines) is 1. The standard InChI is InChI=1S/C21H29N5/c1-16-7-6-8-18(15-16)20-22-21(17(2)23-24-20)26-13-9-19(10-14-26)25-11-4-3-5-12-25/h6-8,15,19H,3-5,9-14H2,1-2H3. The molecule has 5 nitrogen and oxygen atoms in total. The predicted octanol–water partition coefficient (Wildman–Crippen LogP) is 3.61. The van der Waals surface area contributed by atoms with Crippen LogP contribution < -0.4 is 4.90 Å². The van der Waals surface area contributed by atoms with Crippen LogP contribution in [0.3, 0.4) is 0 Å². The van der Waals surface area contributed by atoms with E-state index in [1.54, 1.807) is 0 Å². The molecule has 1 aromatic heterocycles. The van der Waals surface area contributed by atoms with Crippen molar-refractivity contribution < 1.29 is 0 Å². The van der Waals surface area contributed by atoms with Gasteiger partial charge < -0.3 is 9.80 Å². The smallest absolute Gasteiger partial charge is 0.183 e. The van der Waals surface area contributed by atoms with Crippen LogP contribution in [0.2, 0.25) is 0 Å². The van der Waals surface area contributed by atoms with Crippen molar-refractivity contribution in [2.45, 2.75) is 52.0 Å². The summed E-state index contributed by atoms with van der Waals surface area (Å²) in [6.07, 6.45) is 6.60. The second-order valence-corrected chi connectivity index (χ2v) is 7.73. The van der Waals surface area contributed by atoms with Gasteiger partial charge in [0.05, 0.1) is 0 Å². The Morgan fingerprint density at radius 2 is 1.69 bits per heavy atom. The number of aryl methyl sites for hydroxylation is 2. The highest BCUT2D eigenvalue weighted by atomic mass is 15.3. The number of piperidine rings is 2. The van der Waals surface area contributed by atoms with E-state index in [9.17, 15) is 0 Å². The third-order valence-corrected chi connectivity index (χ3v) is 5.78. The third kappa shape index (κ3) is 3.73. The molecule has 0 bridgehead atoms. The molecule has 0 atom stereocenters. The minimum atomic E-state index is 0.729. The summed E-state index contributed by atoms with van der Waals surface area (Å²) in [5.74, 6) is 1.74. The Morgan fingerprint density at radius 3 is 2.42 bits per heavy atom. The minimum Gasteiger partial charge on any atom is -0.355 e. The number of hydrogen-bond acceptors (Lipinski definition) is 5. The Balaban J connectivity index is 1.48. The largest absolute Gasteiger partial charge is 0.355 e. The zero-order valence-electron chi connectivity index (χ0n) is 16.0. The van der Waals surface area contributed by atoms with E-state index in [2.05, 4.69) is 51.2 Å². The van der Waals surface area contributed by atoms with Crippen LogP contribution in [0, 0.1) is 13.8 Å². The molecule has 2 aliphatic rings. The summed E-state index contributed by atoms with van der Waals surface area (Å²) < 4.78 is 0. The van der Waals surface area contributed by atoms with E-state index < -0.39 is 0 Å². The SMILES string of the molecule is Cc1cccc(-c2nnc(C)c(N3CCC(N4CCCCC4)CC3)n2)c1. The molecule has 3 heterocycles. The molecule has 1 aromatic carbocycles. The molecule has 2 fully saturated rings. The van der Waals surface area contributed by atoms with Gasteiger partial charge in [0.15, 0.2) is 11.6 Å². The summed E-state index contributed by atoms with van der Waals surface area (Å²) >= 11 is 0. The number of aromatic nitrogens is 3. The summed E-state index contributed by atoms with van der Waals surface area (Å²) in [6.45, 7) is 8.82. The summed E-state index contributed by atoms with van der Waals surface area (Å²) in [5.41, 5.74) is 3.19. The van der Waals surface area contributed by atoms with Crippen LogP contribution in [-0.2, 0) is 0 Å². The molecule has 2 saturated heterocycles. The molecule has 0 amide bonds. The van der Waals surface area contributed by atoms with Gasteiger partial charge in [0, 0.05) is 24.7 Å². The molecule has 0 aliphatic carbocycles. The van der Waals surface area contributed by atoms with Gasteiger partial charge in [-0.3, -0.25) is 0 Å². The first-order chi connectivity index (χ1) is 12.7. The highest BCUT2D eigenvalue weighted by Crippen LogP contribution is 2.26. The molecule has 0 N–H and O–H groups in total. The van der Waals surface area contributed by atoms with E-state index in [0.29, 0.717) is 0 Å². The van der Waals surface area contributed by atoms with Gasteiger partial charge in [-0.05, 0) is 58.7 Å². The monoisotopic (exact) mass is 351 g/mol. The number of benzene rings is 1. The van der Waals surface area contributed by atoms with E-state index in [4.69, 9.17) is 4.98 Å². The first kappa shape index (κ1) is 17.4. The summed E-state index contributed by atoms with van der Waals surface area (Å²) in [4.78, 5) is 10.0. The Kier molecular flexibility index (Phi) is 5.16. The van der Waals surface area contributed by atoms with E-state index in [1.165, 1.54) is 50.8 Å². The van der Waals surface area contributed by atoms with Crippen molar-refractivity contribution in [3.05, 3.63) is 35.5 Å². The van der Waals surface area contributed by atoms with Crippen molar-refractivity contribution in [3.8, 4) is 11.4 Å². The molecular formula is C21H29N5. The molecule has 0 unspecified atom stereocenters. The summed E-state index contributed by atoms with van der Waals surface area (Å²) in [7, 11) is 0. The average Bonchev–Trinajstić information content (AvgIpc) is 2.69. The van der Waals surface area contributed by atoms with Crippen molar-refractivity contribution in [2.24, 2.45) is 0 Å². The minimum absolute atomic E-state index is 0.729. The molecule has 2 aliphatic heterocycles. The predicted molar refractivity (Wildman–Crippen MR) is 105 cm³/mol. The maximum absolute atomic E-state index is 4.88. The average molecular weight is 351 g/mol. The Labute approximate surface area is 156 Å². The molecule has 138 valence electrons. The Bertz CT molecular complexity index is 746. The molecule has 4 rings (SSSR count). The third-order valence-electron chi connectivity index (χ3n) is 5.78. The summed E-state index contributed by atoms with van der Waals surface area (Å²) in [6, 6.07) is 9.08. The van der Waals surface area contributed by atoms with Gasteiger partial charge in [0.1, 0.15) is 5.69 Å². The topological polar surface area (TPSA) is 45.2 Å². The van der Waals surface area contributed by atoms with Crippen LogP contribution in [-0.4, -0.2) is 52.3 Å².